The highest BCUT2D eigenvalue weighted by molar-refractivity contribution is 8.01. The summed E-state index contributed by atoms with van der Waals surface area (Å²) in [5, 5.41) is 26.4. The van der Waals surface area contributed by atoms with Gasteiger partial charge in [0.2, 0.25) is 6.54 Å². The van der Waals surface area contributed by atoms with Crippen LogP contribution in [0, 0.1) is 0 Å². The second-order valence-electron chi connectivity index (χ2n) is 7.94. The monoisotopic (exact) mass is 579 g/mol. The lowest BCUT2D eigenvalue weighted by atomic mass is 10.0. The smallest absolute Gasteiger partial charge is 0.370 e. The average Bonchev–Trinajstić information content (AvgIpc) is 3.31. The number of thioether (sulfide) groups is 2. The minimum absolute atomic E-state index is 0.0934. The van der Waals surface area contributed by atoms with E-state index in [4.69, 9.17) is 15.7 Å². The van der Waals surface area contributed by atoms with Gasteiger partial charge in [-0.2, -0.15) is 4.57 Å². The summed E-state index contributed by atoms with van der Waals surface area (Å²) in [4.78, 5) is 60.0. The van der Waals surface area contributed by atoms with E-state index in [1.165, 1.54) is 33.0 Å². The number of anilines is 1. The molecule has 1 saturated heterocycles. The quantitative estimate of drug-likeness (QED) is 0.0946. The highest BCUT2D eigenvalue weighted by atomic mass is 32.2. The Balaban J connectivity index is 1.45. The highest BCUT2D eigenvalue weighted by Gasteiger charge is 2.54. The number of nitrogens with zero attached hydrogens (tertiary/aromatic N) is 4. The van der Waals surface area contributed by atoms with Crippen molar-refractivity contribution < 1.29 is 38.8 Å². The maximum absolute atomic E-state index is 13.0. The summed E-state index contributed by atoms with van der Waals surface area (Å²) in [6, 6.07) is 2.54. The van der Waals surface area contributed by atoms with Crippen molar-refractivity contribution in [1.29, 1.82) is 0 Å². The fourth-order valence-electron chi connectivity index (χ4n) is 3.71. The van der Waals surface area contributed by atoms with E-state index in [0.717, 1.165) is 16.2 Å². The van der Waals surface area contributed by atoms with Crippen molar-refractivity contribution >= 4 is 69.5 Å². The van der Waals surface area contributed by atoms with Crippen molar-refractivity contribution in [2.24, 2.45) is 5.16 Å². The standard InChI is InChI=1S/C22H22N6O7S3/c1-2-35-26-15(13-10-38-22(23)24-13)18(31)25-16-19(32)28-17(21(33)34)11(9-37-20(16)28)8-36-12-3-5-27(6-4-12)7-14(29)30/h3-6,10,16,20H,2,7-9H2,1H3,(H4-,23,24,25,29,30,31,33,34)/p+1/b26-15+/t16-,20-/m0/s1. The number of carboxylic acid groups (broad SMARTS) is 2. The van der Waals surface area contributed by atoms with Gasteiger partial charge in [-0.15, -0.1) is 34.9 Å². The summed E-state index contributed by atoms with van der Waals surface area (Å²) in [6.45, 7) is 1.75. The fraction of sp³-hybridized carbons (Fsp3) is 0.318. The first-order chi connectivity index (χ1) is 18.2. The van der Waals surface area contributed by atoms with Gasteiger partial charge < -0.3 is 26.1 Å². The SMILES string of the molecule is CCO/N=C(/C(=O)N[C@H]1C(=O)N2C(C(=O)O)=C(CSc3cc[n+](CC(=O)O)cc3)CS[C@@H]12)c1csc(N)n1. The second kappa shape index (κ2) is 11.8. The number of nitrogens with one attached hydrogen (secondary N) is 1. The zero-order chi connectivity index (χ0) is 27.4. The second-order valence-corrected chi connectivity index (χ2v) is 11.0. The number of oxime groups is 1. The molecule has 2 atom stereocenters. The van der Waals surface area contributed by atoms with Crippen LogP contribution in [0.2, 0.25) is 0 Å². The van der Waals surface area contributed by atoms with Crippen LogP contribution in [0.4, 0.5) is 5.13 Å². The van der Waals surface area contributed by atoms with E-state index in [-0.39, 0.29) is 35.4 Å². The summed E-state index contributed by atoms with van der Waals surface area (Å²) < 4.78 is 1.51. The lowest BCUT2D eigenvalue weighted by molar-refractivity contribution is -0.686. The number of rotatable bonds is 11. The molecule has 1 fully saturated rings. The molecule has 200 valence electrons. The summed E-state index contributed by atoms with van der Waals surface area (Å²) >= 11 is 3.85. The van der Waals surface area contributed by atoms with Crippen molar-refractivity contribution in [1.82, 2.24) is 15.2 Å². The van der Waals surface area contributed by atoms with Gasteiger partial charge in [-0.05, 0) is 12.5 Å². The fourth-order valence-corrected chi connectivity index (χ4v) is 6.62. The summed E-state index contributed by atoms with van der Waals surface area (Å²) in [5.41, 5.74) is 6.22. The number of thiazole rings is 1. The zero-order valence-corrected chi connectivity index (χ0v) is 22.3. The molecule has 0 aliphatic carbocycles. The number of pyridine rings is 1. The predicted molar refractivity (Wildman–Crippen MR) is 139 cm³/mol. The van der Waals surface area contributed by atoms with Crippen LogP contribution in [0.3, 0.4) is 0 Å². The topological polar surface area (TPSA) is 188 Å². The number of carbonyl (C=O) groups excluding carboxylic acids is 2. The van der Waals surface area contributed by atoms with E-state index in [1.807, 2.05) is 0 Å². The van der Waals surface area contributed by atoms with E-state index in [2.05, 4.69) is 15.5 Å². The molecule has 0 unspecified atom stereocenters. The van der Waals surface area contributed by atoms with Gasteiger partial charge in [-0.3, -0.25) is 14.5 Å². The molecular weight excluding hydrogens is 556 g/mol. The molecule has 2 aliphatic heterocycles. The van der Waals surface area contributed by atoms with Gasteiger partial charge in [0.05, 0.1) is 0 Å². The van der Waals surface area contributed by atoms with Crippen molar-refractivity contribution in [3.63, 3.8) is 0 Å². The van der Waals surface area contributed by atoms with Crippen LogP contribution >= 0.6 is 34.9 Å². The van der Waals surface area contributed by atoms with Gasteiger partial charge in [0.1, 0.15) is 29.4 Å². The first kappa shape index (κ1) is 27.4. The number of aliphatic carboxylic acids is 2. The first-order valence-corrected chi connectivity index (χ1v) is 14.1. The number of carbonyl (C=O) groups is 4. The average molecular weight is 580 g/mol. The van der Waals surface area contributed by atoms with Crippen LogP contribution in [0.1, 0.15) is 12.6 Å². The molecular formula is C22H23N6O7S3+. The molecule has 2 amide bonds. The molecule has 0 spiro atoms. The number of fused-ring (bicyclic) bond motifs is 1. The van der Waals surface area contributed by atoms with Gasteiger partial charge in [0.25, 0.3) is 11.8 Å². The summed E-state index contributed by atoms with van der Waals surface area (Å²) in [5.74, 6) is -2.74. The molecule has 2 aliphatic rings. The Morgan fingerprint density at radius 1 is 1.34 bits per heavy atom. The van der Waals surface area contributed by atoms with E-state index in [9.17, 15) is 24.3 Å². The minimum atomic E-state index is -1.23. The van der Waals surface area contributed by atoms with E-state index >= 15 is 0 Å². The Bertz CT molecular complexity index is 1330. The van der Waals surface area contributed by atoms with Crippen LogP contribution < -0.4 is 15.6 Å². The minimum Gasteiger partial charge on any atom is -0.477 e. The first-order valence-electron chi connectivity index (χ1n) is 11.2. The Kier molecular flexibility index (Phi) is 8.53. The Labute approximate surface area is 228 Å². The molecule has 4 rings (SSSR count). The summed E-state index contributed by atoms with van der Waals surface area (Å²) in [7, 11) is 0. The zero-order valence-electron chi connectivity index (χ0n) is 19.9. The number of carboxylic acids is 2. The van der Waals surface area contributed by atoms with Crippen LogP contribution in [0.5, 0.6) is 0 Å². The maximum atomic E-state index is 13.0. The maximum Gasteiger partial charge on any atom is 0.370 e. The number of β-lactam (4-membered cyclic amide) rings is 1. The molecule has 2 aromatic rings. The van der Waals surface area contributed by atoms with Crippen molar-refractivity contribution in [2.75, 3.05) is 23.8 Å². The van der Waals surface area contributed by atoms with E-state index in [0.29, 0.717) is 17.1 Å². The van der Waals surface area contributed by atoms with Crippen LogP contribution in [-0.4, -0.2) is 79.1 Å². The molecule has 5 N–H and O–H groups in total. The third-order valence-electron chi connectivity index (χ3n) is 5.39. The van der Waals surface area contributed by atoms with Gasteiger partial charge in [-0.1, -0.05) is 5.16 Å². The van der Waals surface area contributed by atoms with Gasteiger partial charge in [-0.25, -0.2) is 14.6 Å². The number of aromatic nitrogens is 2. The predicted octanol–water partition coefficient (Wildman–Crippen LogP) is 0.369. The van der Waals surface area contributed by atoms with Gasteiger partial charge in [0, 0.05) is 33.9 Å². The van der Waals surface area contributed by atoms with Crippen LogP contribution in [0.15, 0.2) is 51.2 Å². The number of nitrogens with two attached hydrogens (primary N) is 1. The molecule has 38 heavy (non-hydrogen) atoms. The number of hydrogen-bond donors (Lipinski definition) is 4. The Morgan fingerprint density at radius 3 is 2.68 bits per heavy atom. The Morgan fingerprint density at radius 2 is 2.08 bits per heavy atom. The summed E-state index contributed by atoms with van der Waals surface area (Å²) in [6.07, 6.45) is 3.26. The van der Waals surface area contributed by atoms with Crippen LogP contribution in [0.25, 0.3) is 0 Å². The van der Waals surface area contributed by atoms with Gasteiger partial charge >= 0.3 is 11.9 Å². The van der Waals surface area contributed by atoms with Crippen molar-refractivity contribution in [2.45, 2.75) is 29.8 Å². The largest absolute Gasteiger partial charge is 0.477 e. The number of amides is 2. The van der Waals surface area contributed by atoms with Crippen LogP contribution in [-0.2, 0) is 30.6 Å². The molecule has 0 aromatic carbocycles. The number of nitrogen functional groups attached to an aromatic ring is 1. The van der Waals surface area contributed by atoms with E-state index in [1.54, 1.807) is 36.8 Å². The van der Waals surface area contributed by atoms with Gasteiger partial charge in [0.15, 0.2) is 23.2 Å². The molecule has 0 saturated carbocycles. The molecule has 0 radical (unpaired) electrons. The number of hydrogen-bond acceptors (Lipinski definition) is 11. The van der Waals surface area contributed by atoms with Crippen molar-refractivity contribution in [3.8, 4) is 0 Å². The molecule has 0 bridgehead atoms. The highest BCUT2D eigenvalue weighted by Crippen LogP contribution is 2.41. The van der Waals surface area contributed by atoms with E-state index < -0.39 is 35.2 Å². The van der Waals surface area contributed by atoms with Crippen molar-refractivity contribution in [3.05, 3.63) is 46.9 Å². The lowest BCUT2D eigenvalue weighted by Gasteiger charge is -2.49. The molecule has 13 nitrogen and oxygen atoms in total. The Hall–Kier alpha value is -3.63. The third-order valence-corrected chi connectivity index (χ3v) is 8.50. The molecule has 16 heteroatoms. The lowest BCUT2D eigenvalue weighted by Crippen LogP contribution is -2.71. The molecule has 2 aromatic heterocycles. The third kappa shape index (κ3) is 5.92. The normalized spacial score (nSPS) is 19.0. The molecule has 4 heterocycles.